The van der Waals surface area contributed by atoms with Crippen LogP contribution >= 0.6 is 0 Å². The van der Waals surface area contributed by atoms with E-state index in [1.807, 2.05) is 12.1 Å². The van der Waals surface area contributed by atoms with Crippen LogP contribution in [0.4, 0.5) is 0 Å². The molecule has 1 aromatic heterocycles. The lowest BCUT2D eigenvalue weighted by atomic mass is 9.82. The SMILES string of the molecule is Cc1cc(C(C)(C)C)cc(C)c1C(=[N+]=[N-])c1ccncc1. The summed E-state index contributed by atoms with van der Waals surface area (Å²) in [6, 6.07) is 8.06. The van der Waals surface area contributed by atoms with Crippen molar-refractivity contribution in [2.24, 2.45) is 0 Å². The quantitative estimate of drug-likeness (QED) is 0.464. The molecule has 1 aromatic carbocycles. The Morgan fingerprint density at radius 2 is 1.57 bits per heavy atom. The lowest BCUT2D eigenvalue weighted by Crippen LogP contribution is -2.15. The number of nitrogens with zero attached hydrogens (tertiary/aromatic N) is 3. The van der Waals surface area contributed by atoms with Crippen molar-refractivity contribution in [2.45, 2.75) is 40.0 Å². The van der Waals surface area contributed by atoms with Crippen molar-refractivity contribution in [3.8, 4) is 0 Å². The predicted octanol–water partition coefficient (Wildman–Crippen LogP) is 4.06. The number of rotatable bonds is 2. The van der Waals surface area contributed by atoms with Crippen LogP contribution in [-0.4, -0.2) is 15.5 Å². The minimum absolute atomic E-state index is 0.0985. The lowest BCUT2D eigenvalue weighted by Gasteiger charge is -2.21. The van der Waals surface area contributed by atoms with Gasteiger partial charge in [0.05, 0.1) is 11.1 Å². The number of aryl methyl sites for hydroxylation is 2. The van der Waals surface area contributed by atoms with Gasteiger partial charge in [-0.25, -0.2) is 0 Å². The van der Waals surface area contributed by atoms with Crippen molar-refractivity contribution in [2.75, 3.05) is 0 Å². The molecule has 0 aliphatic carbocycles. The number of aromatic nitrogens is 1. The maximum Gasteiger partial charge on any atom is 0.330 e. The summed E-state index contributed by atoms with van der Waals surface area (Å²) in [4.78, 5) is 7.54. The van der Waals surface area contributed by atoms with Crippen molar-refractivity contribution in [1.29, 1.82) is 0 Å². The largest absolute Gasteiger partial charge is 0.361 e. The zero-order valence-corrected chi connectivity index (χ0v) is 13.3. The molecule has 0 aliphatic rings. The van der Waals surface area contributed by atoms with E-state index in [0.717, 1.165) is 22.3 Å². The molecule has 0 amide bonds. The fraction of sp³-hybridized carbons (Fsp3) is 0.333. The molecular formula is C18H21N3. The first-order valence-corrected chi connectivity index (χ1v) is 7.09. The van der Waals surface area contributed by atoms with Crippen molar-refractivity contribution < 1.29 is 4.79 Å². The summed E-state index contributed by atoms with van der Waals surface area (Å²) < 4.78 is 0. The average Bonchev–Trinajstić information content (AvgIpc) is 2.42. The van der Waals surface area contributed by atoms with Gasteiger partial charge in [0.1, 0.15) is 0 Å². The van der Waals surface area contributed by atoms with E-state index in [4.69, 9.17) is 0 Å². The summed E-state index contributed by atoms with van der Waals surface area (Å²) in [6.45, 7) is 10.7. The highest BCUT2D eigenvalue weighted by atomic mass is 14.9. The number of hydrogen-bond donors (Lipinski definition) is 0. The van der Waals surface area contributed by atoms with E-state index < -0.39 is 0 Å². The third-order valence-corrected chi connectivity index (χ3v) is 3.69. The second-order valence-corrected chi connectivity index (χ2v) is 6.42. The Kier molecular flexibility index (Phi) is 4.06. The molecule has 0 saturated carbocycles. The highest BCUT2D eigenvalue weighted by Gasteiger charge is 2.23. The van der Waals surface area contributed by atoms with Crippen molar-refractivity contribution in [3.63, 3.8) is 0 Å². The molecule has 0 aliphatic heterocycles. The van der Waals surface area contributed by atoms with Crippen LogP contribution in [0.5, 0.6) is 0 Å². The van der Waals surface area contributed by atoms with Gasteiger partial charge in [-0.15, -0.1) is 0 Å². The second-order valence-electron chi connectivity index (χ2n) is 6.42. The van der Waals surface area contributed by atoms with Crippen LogP contribution in [0.1, 0.15) is 48.6 Å². The molecule has 3 nitrogen and oxygen atoms in total. The fourth-order valence-corrected chi connectivity index (χ4v) is 2.53. The minimum Gasteiger partial charge on any atom is -0.361 e. The maximum absolute atomic E-state index is 9.48. The second kappa shape index (κ2) is 5.63. The Morgan fingerprint density at radius 1 is 1.05 bits per heavy atom. The summed E-state index contributed by atoms with van der Waals surface area (Å²) in [5, 5.41) is 0. The summed E-state index contributed by atoms with van der Waals surface area (Å²) in [5.41, 5.74) is 15.5. The van der Waals surface area contributed by atoms with Crippen molar-refractivity contribution in [3.05, 3.63) is 70.0 Å². The van der Waals surface area contributed by atoms with Gasteiger partial charge in [0.2, 0.25) is 0 Å². The van der Waals surface area contributed by atoms with Gasteiger partial charge in [0, 0.05) is 12.4 Å². The summed E-state index contributed by atoms with van der Waals surface area (Å²) in [7, 11) is 0. The van der Waals surface area contributed by atoms with E-state index in [1.165, 1.54) is 5.56 Å². The Hall–Kier alpha value is -2.25. The Balaban J connectivity index is 2.62. The molecule has 2 rings (SSSR count). The lowest BCUT2D eigenvalue weighted by molar-refractivity contribution is -0.00288. The van der Waals surface area contributed by atoms with Crippen LogP contribution in [0.2, 0.25) is 0 Å². The third kappa shape index (κ3) is 3.09. The highest BCUT2D eigenvalue weighted by molar-refractivity contribution is 6.11. The normalized spacial score (nSPS) is 11.1. The first-order valence-electron chi connectivity index (χ1n) is 7.09. The van der Waals surface area contributed by atoms with E-state index >= 15 is 0 Å². The minimum atomic E-state index is 0.0985. The molecule has 0 bridgehead atoms. The van der Waals surface area contributed by atoms with Crippen LogP contribution < -0.4 is 0 Å². The summed E-state index contributed by atoms with van der Waals surface area (Å²) in [5.74, 6) is 0. The van der Waals surface area contributed by atoms with Crippen LogP contribution in [0.25, 0.3) is 5.53 Å². The van der Waals surface area contributed by atoms with Gasteiger partial charge in [0.15, 0.2) is 0 Å². The molecule has 0 spiro atoms. The van der Waals surface area contributed by atoms with Crippen molar-refractivity contribution in [1.82, 2.24) is 4.98 Å². The van der Waals surface area contributed by atoms with E-state index in [2.05, 4.69) is 56.5 Å². The Labute approximate surface area is 126 Å². The van der Waals surface area contributed by atoms with Gasteiger partial charge in [-0.3, -0.25) is 4.98 Å². The molecule has 2 aromatic rings. The molecule has 0 unspecified atom stereocenters. The molecule has 108 valence electrons. The van der Waals surface area contributed by atoms with E-state index in [1.54, 1.807) is 12.4 Å². The van der Waals surface area contributed by atoms with Gasteiger partial charge in [0.25, 0.3) is 0 Å². The molecule has 1 heterocycles. The van der Waals surface area contributed by atoms with Gasteiger partial charge in [-0.2, -0.15) is 4.79 Å². The topological polar surface area (TPSA) is 49.3 Å². The fourth-order valence-electron chi connectivity index (χ4n) is 2.53. The smallest absolute Gasteiger partial charge is 0.330 e. The molecule has 3 heteroatoms. The molecule has 0 fully saturated rings. The maximum atomic E-state index is 9.48. The van der Waals surface area contributed by atoms with Crippen LogP contribution in [0, 0.1) is 13.8 Å². The highest BCUT2D eigenvalue weighted by Crippen LogP contribution is 2.27. The first-order chi connectivity index (χ1) is 9.84. The first kappa shape index (κ1) is 15.1. The van der Waals surface area contributed by atoms with Crippen LogP contribution in [-0.2, 0) is 5.41 Å². The Bertz CT molecular complexity index is 680. The zero-order chi connectivity index (χ0) is 15.6. The van der Waals surface area contributed by atoms with Gasteiger partial charge >= 0.3 is 5.71 Å². The summed E-state index contributed by atoms with van der Waals surface area (Å²) >= 11 is 0. The van der Waals surface area contributed by atoms with Crippen molar-refractivity contribution >= 4 is 5.71 Å². The molecule has 0 N–H and O–H groups in total. The zero-order valence-electron chi connectivity index (χ0n) is 13.3. The van der Waals surface area contributed by atoms with E-state index in [-0.39, 0.29) is 5.41 Å². The van der Waals surface area contributed by atoms with Gasteiger partial charge < -0.3 is 5.53 Å². The van der Waals surface area contributed by atoms with E-state index in [9.17, 15) is 5.53 Å². The average molecular weight is 279 g/mol. The number of benzene rings is 1. The van der Waals surface area contributed by atoms with Crippen LogP contribution in [0.15, 0.2) is 36.7 Å². The van der Waals surface area contributed by atoms with Crippen LogP contribution in [0.3, 0.4) is 0 Å². The molecule has 0 atom stereocenters. The van der Waals surface area contributed by atoms with Gasteiger partial charge in [-0.05, 0) is 48.1 Å². The third-order valence-electron chi connectivity index (χ3n) is 3.69. The van der Waals surface area contributed by atoms with Gasteiger partial charge in [-0.1, -0.05) is 32.9 Å². The molecule has 21 heavy (non-hydrogen) atoms. The predicted molar refractivity (Wildman–Crippen MR) is 85.7 cm³/mol. The Morgan fingerprint density at radius 3 is 2.00 bits per heavy atom. The molecular weight excluding hydrogens is 258 g/mol. The molecule has 0 saturated heterocycles. The standard InChI is InChI=1S/C18H21N3/c1-12-10-15(18(3,4)5)11-13(2)16(12)17(21-19)14-6-8-20-9-7-14/h6-11H,1-5H3. The monoisotopic (exact) mass is 279 g/mol. The van der Waals surface area contributed by atoms with E-state index in [0.29, 0.717) is 5.71 Å². The summed E-state index contributed by atoms with van der Waals surface area (Å²) in [6.07, 6.45) is 3.41. The number of hydrogen-bond acceptors (Lipinski definition) is 1. The number of pyridine rings is 1. The molecule has 0 radical (unpaired) electrons.